The van der Waals surface area contributed by atoms with E-state index in [9.17, 15) is 14.7 Å². The average molecular weight is 475 g/mol. The highest BCUT2D eigenvalue weighted by Crippen LogP contribution is 2.57. The van der Waals surface area contributed by atoms with Crippen molar-refractivity contribution in [3.8, 4) is 5.75 Å². The summed E-state index contributed by atoms with van der Waals surface area (Å²) in [6, 6.07) is 12.9. The van der Waals surface area contributed by atoms with E-state index in [0.29, 0.717) is 16.9 Å². The average Bonchev–Trinajstić information content (AvgIpc) is 2.81. The number of aryl methyl sites for hydroxylation is 1. The lowest BCUT2D eigenvalue weighted by Gasteiger charge is -2.54. The van der Waals surface area contributed by atoms with Gasteiger partial charge in [-0.2, -0.15) is 0 Å². The van der Waals surface area contributed by atoms with Crippen molar-refractivity contribution in [1.82, 2.24) is 0 Å². The Labute approximate surface area is 206 Å². The van der Waals surface area contributed by atoms with Gasteiger partial charge in [-0.05, 0) is 78.7 Å². The van der Waals surface area contributed by atoms with Crippen LogP contribution >= 0.6 is 0 Å². The molecule has 3 aromatic rings. The number of phenols is 1. The predicted octanol–water partition coefficient (Wildman–Crippen LogP) is 6.38. The van der Waals surface area contributed by atoms with Gasteiger partial charge < -0.3 is 14.3 Å². The minimum Gasteiger partial charge on any atom is -0.508 e. The van der Waals surface area contributed by atoms with Crippen LogP contribution in [0.15, 0.2) is 51.7 Å². The molecule has 1 fully saturated rings. The minimum atomic E-state index is -0.588. The molecule has 2 aromatic carbocycles. The van der Waals surface area contributed by atoms with Crippen molar-refractivity contribution >= 4 is 16.9 Å². The molecule has 0 saturated heterocycles. The van der Waals surface area contributed by atoms with Crippen molar-refractivity contribution in [2.45, 2.75) is 77.7 Å². The van der Waals surface area contributed by atoms with Crippen LogP contribution in [-0.4, -0.2) is 11.1 Å². The number of hydrogen-bond donors (Lipinski definition) is 1. The summed E-state index contributed by atoms with van der Waals surface area (Å²) < 4.78 is 11.1. The summed E-state index contributed by atoms with van der Waals surface area (Å²) in [5.41, 5.74) is 3.88. The monoisotopic (exact) mass is 474 g/mol. The second kappa shape index (κ2) is 8.54. The number of fused-ring (bicyclic) bond motifs is 4. The third kappa shape index (κ3) is 3.95. The lowest BCUT2D eigenvalue weighted by Crippen LogP contribution is -2.52. The van der Waals surface area contributed by atoms with Gasteiger partial charge in [0.2, 0.25) is 0 Å². The molecule has 0 aliphatic heterocycles. The van der Waals surface area contributed by atoms with Gasteiger partial charge in [0.15, 0.2) is 0 Å². The molecule has 1 N–H and O–H groups in total. The van der Waals surface area contributed by atoms with Crippen LogP contribution in [0.1, 0.15) is 81.5 Å². The number of aromatic hydroxyl groups is 1. The number of esters is 1. The Morgan fingerprint density at radius 1 is 1.14 bits per heavy atom. The van der Waals surface area contributed by atoms with Crippen LogP contribution in [0.5, 0.6) is 5.75 Å². The molecule has 5 nitrogen and oxygen atoms in total. The first-order valence-electron chi connectivity index (χ1n) is 12.7. The lowest BCUT2D eigenvalue weighted by atomic mass is 9.49. The summed E-state index contributed by atoms with van der Waals surface area (Å²) in [5, 5.41) is 10.4. The molecule has 5 heteroatoms. The Morgan fingerprint density at radius 2 is 1.94 bits per heavy atom. The number of rotatable bonds is 4. The van der Waals surface area contributed by atoms with E-state index < -0.39 is 11.0 Å². The van der Waals surface area contributed by atoms with Crippen LogP contribution in [0.25, 0.3) is 11.0 Å². The summed E-state index contributed by atoms with van der Waals surface area (Å²) in [6.07, 6.45) is 4.79. The molecular formula is C30H34O5. The van der Waals surface area contributed by atoms with Gasteiger partial charge in [0.1, 0.15) is 17.9 Å². The van der Waals surface area contributed by atoms with Crippen LogP contribution < -0.4 is 5.63 Å². The van der Waals surface area contributed by atoms with E-state index in [0.717, 1.165) is 32.1 Å². The molecule has 0 bridgehead atoms. The third-order valence-electron chi connectivity index (χ3n) is 8.68. The Kier molecular flexibility index (Phi) is 5.77. The zero-order valence-electron chi connectivity index (χ0n) is 21.0. The molecule has 35 heavy (non-hydrogen) atoms. The quantitative estimate of drug-likeness (QED) is 0.351. The molecule has 2 aliphatic carbocycles. The zero-order valence-corrected chi connectivity index (χ0v) is 21.0. The number of carbonyl (C=O) groups excluding carboxylic acids is 1. The van der Waals surface area contributed by atoms with Gasteiger partial charge >= 0.3 is 11.6 Å². The second-order valence-electron chi connectivity index (χ2n) is 11.2. The highest BCUT2D eigenvalue weighted by molar-refractivity contribution is 5.82. The van der Waals surface area contributed by atoms with Gasteiger partial charge in [-0.15, -0.1) is 0 Å². The Hall–Kier alpha value is -3.08. The van der Waals surface area contributed by atoms with E-state index in [2.05, 4.69) is 45.9 Å². The van der Waals surface area contributed by atoms with E-state index in [1.807, 2.05) is 0 Å². The van der Waals surface area contributed by atoms with E-state index in [4.69, 9.17) is 9.15 Å². The van der Waals surface area contributed by atoms with Gasteiger partial charge in [0.25, 0.3) is 0 Å². The Bertz CT molecular complexity index is 1350. The summed E-state index contributed by atoms with van der Waals surface area (Å²) >= 11 is 0. The summed E-state index contributed by atoms with van der Waals surface area (Å²) in [4.78, 5) is 25.7. The first-order valence-corrected chi connectivity index (χ1v) is 12.7. The smallest absolute Gasteiger partial charge is 0.336 e. The van der Waals surface area contributed by atoms with Crippen molar-refractivity contribution in [3.05, 3.63) is 75.1 Å². The fraction of sp³-hybridized carbons (Fsp3) is 0.467. The van der Waals surface area contributed by atoms with Gasteiger partial charge in [-0.25, -0.2) is 4.79 Å². The number of ether oxygens (including phenoxy) is 1. The number of phenolic OH excluding ortho intramolecular Hbond substituents is 1. The minimum absolute atomic E-state index is 0.000924. The van der Waals surface area contributed by atoms with Crippen LogP contribution in [0, 0.1) is 11.3 Å². The van der Waals surface area contributed by atoms with Gasteiger partial charge in [-0.1, -0.05) is 45.4 Å². The Balaban J connectivity index is 1.42. The number of hydrogen-bond acceptors (Lipinski definition) is 5. The normalized spacial score (nSPS) is 25.8. The molecule has 1 heterocycles. The molecule has 1 saturated carbocycles. The van der Waals surface area contributed by atoms with Crippen LogP contribution in [-0.2, 0) is 28.0 Å². The van der Waals surface area contributed by atoms with Crippen LogP contribution in [0.3, 0.4) is 0 Å². The maximum atomic E-state index is 13.7. The molecule has 0 amide bonds. The topological polar surface area (TPSA) is 76.7 Å². The van der Waals surface area contributed by atoms with E-state index >= 15 is 0 Å². The van der Waals surface area contributed by atoms with Crippen molar-refractivity contribution in [3.63, 3.8) is 0 Å². The van der Waals surface area contributed by atoms with E-state index in [-0.39, 0.29) is 35.2 Å². The summed E-state index contributed by atoms with van der Waals surface area (Å²) in [6.45, 7) is 8.86. The standard InChI is InChI=1S/C30H34O5/c1-18(2)19-6-10-24-20(14-19)7-11-26-29(24,3)12-5-13-30(26,4)28(33)34-17-21-15-27(32)35-25-16-22(31)8-9-23(21)25/h6,8-10,14-16,18,26,31H,5,7,11-13,17H2,1-4H3/t26-,29-,30-/m1/s1. The number of benzene rings is 2. The second-order valence-corrected chi connectivity index (χ2v) is 11.2. The first-order chi connectivity index (χ1) is 16.6. The van der Waals surface area contributed by atoms with Gasteiger partial charge in [-0.3, -0.25) is 4.79 Å². The molecule has 184 valence electrons. The molecule has 3 atom stereocenters. The largest absolute Gasteiger partial charge is 0.508 e. The molecule has 2 aliphatic rings. The third-order valence-corrected chi connectivity index (χ3v) is 8.68. The van der Waals surface area contributed by atoms with E-state index in [1.165, 1.54) is 34.9 Å². The van der Waals surface area contributed by atoms with Crippen molar-refractivity contribution in [1.29, 1.82) is 0 Å². The molecule has 0 radical (unpaired) electrons. The number of carbonyl (C=O) groups is 1. The molecule has 0 spiro atoms. The lowest BCUT2D eigenvalue weighted by molar-refractivity contribution is -0.166. The molecule has 5 rings (SSSR count). The highest BCUT2D eigenvalue weighted by Gasteiger charge is 2.55. The zero-order chi connectivity index (χ0) is 25.0. The van der Waals surface area contributed by atoms with Crippen LogP contribution in [0.4, 0.5) is 0 Å². The van der Waals surface area contributed by atoms with Crippen molar-refractivity contribution < 1.29 is 19.1 Å². The van der Waals surface area contributed by atoms with Crippen molar-refractivity contribution in [2.75, 3.05) is 0 Å². The summed E-state index contributed by atoms with van der Waals surface area (Å²) in [5.74, 6) is 0.513. The van der Waals surface area contributed by atoms with Gasteiger partial charge in [0, 0.05) is 23.1 Å². The highest BCUT2D eigenvalue weighted by atomic mass is 16.5. The Morgan fingerprint density at radius 3 is 2.71 bits per heavy atom. The molecule has 0 unspecified atom stereocenters. The molecule has 1 aromatic heterocycles. The van der Waals surface area contributed by atoms with E-state index in [1.54, 1.807) is 6.07 Å². The van der Waals surface area contributed by atoms with Gasteiger partial charge in [0.05, 0.1) is 5.41 Å². The fourth-order valence-electron chi connectivity index (χ4n) is 6.76. The van der Waals surface area contributed by atoms with Crippen molar-refractivity contribution in [2.24, 2.45) is 11.3 Å². The summed E-state index contributed by atoms with van der Waals surface area (Å²) in [7, 11) is 0. The van der Waals surface area contributed by atoms with Crippen LogP contribution in [0.2, 0.25) is 0 Å². The first kappa shape index (κ1) is 23.7. The predicted molar refractivity (Wildman–Crippen MR) is 136 cm³/mol. The molecular weight excluding hydrogens is 440 g/mol. The maximum Gasteiger partial charge on any atom is 0.336 e. The maximum absolute atomic E-state index is 13.7. The fourth-order valence-corrected chi connectivity index (χ4v) is 6.76. The SMILES string of the molecule is CC(C)c1ccc2c(c1)CC[C@H]1[C@](C)(C(=O)OCc3cc(=O)oc4cc(O)ccc34)CCC[C@]21C.